The molecule has 3 rings (SSSR count). The van der Waals surface area contributed by atoms with Crippen molar-refractivity contribution in [1.82, 2.24) is 19.7 Å². The second kappa shape index (κ2) is 5.95. The van der Waals surface area contributed by atoms with E-state index in [0.717, 1.165) is 18.7 Å². The predicted octanol–water partition coefficient (Wildman–Crippen LogP) is 1.62. The molecule has 0 aromatic carbocycles. The van der Waals surface area contributed by atoms with Crippen molar-refractivity contribution in [3.63, 3.8) is 0 Å². The van der Waals surface area contributed by atoms with Gasteiger partial charge in [-0.25, -0.2) is 0 Å². The first-order valence-corrected chi connectivity index (χ1v) is 7.25. The van der Waals surface area contributed by atoms with E-state index in [1.54, 1.807) is 29.3 Å². The minimum absolute atomic E-state index is 0.0600. The summed E-state index contributed by atoms with van der Waals surface area (Å²) >= 11 is 0. The first-order chi connectivity index (χ1) is 10.3. The van der Waals surface area contributed by atoms with Crippen molar-refractivity contribution in [2.24, 2.45) is 0 Å². The smallest absolute Gasteiger partial charge is 0.272 e. The predicted molar refractivity (Wildman–Crippen MR) is 80.1 cm³/mol. The fourth-order valence-corrected chi connectivity index (χ4v) is 2.67. The number of likely N-dealkylation sites (tertiary alicyclic amines) is 1. The molecule has 6 heteroatoms. The van der Waals surface area contributed by atoms with Crippen LogP contribution in [-0.2, 0) is 6.54 Å². The normalized spacial score (nSPS) is 18.0. The van der Waals surface area contributed by atoms with Gasteiger partial charge in [-0.1, -0.05) is 0 Å². The maximum absolute atomic E-state index is 12.5. The molecule has 1 aliphatic heterocycles. The molecule has 2 aromatic heterocycles. The summed E-state index contributed by atoms with van der Waals surface area (Å²) in [6.07, 6.45) is 6.18. The summed E-state index contributed by atoms with van der Waals surface area (Å²) in [5.41, 5.74) is 1.66. The van der Waals surface area contributed by atoms with Crippen molar-refractivity contribution in [1.29, 1.82) is 0 Å². The van der Waals surface area contributed by atoms with Crippen LogP contribution in [-0.4, -0.2) is 44.7 Å². The number of anilines is 1. The van der Waals surface area contributed by atoms with E-state index >= 15 is 0 Å². The number of amides is 1. The average Bonchev–Trinajstić information content (AvgIpc) is 3.16. The number of hydrogen-bond acceptors (Lipinski definition) is 4. The fourth-order valence-electron chi connectivity index (χ4n) is 2.67. The highest BCUT2D eigenvalue weighted by molar-refractivity contribution is 5.92. The molecule has 0 spiro atoms. The molecular formula is C15H19N5O. The number of nitrogens with one attached hydrogen (secondary N) is 1. The van der Waals surface area contributed by atoms with Gasteiger partial charge in [0.05, 0.1) is 5.69 Å². The van der Waals surface area contributed by atoms with E-state index in [-0.39, 0.29) is 11.9 Å². The van der Waals surface area contributed by atoms with Crippen molar-refractivity contribution < 1.29 is 4.79 Å². The summed E-state index contributed by atoms with van der Waals surface area (Å²) in [7, 11) is 0. The quantitative estimate of drug-likeness (QED) is 0.927. The highest BCUT2D eigenvalue weighted by Gasteiger charge is 2.28. The van der Waals surface area contributed by atoms with Crippen LogP contribution in [0.2, 0.25) is 0 Å². The van der Waals surface area contributed by atoms with Crippen LogP contribution in [0, 0.1) is 0 Å². The lowest BCUT2D eigenvalue weighted by atomic mass is 10.2. The van der Waals surface area contributed by atoms with E-state index in [2.05, 4.69) is 15.4 Å². The van der Waals surface area contributed by atoms with Crippen molar-refractivity contribution in [2.45, 2.75) is 25.9 Å². The minimum Gasteiger partial charge on any atom is -0.379 e. The Bertz CT molecular complexity index is 610. The number of carbonyl (C=O) groups excluding carboxylic acids is 1. The zero-order valence-corrected chi connectivity index (χ0v) is 12.1. The summed E-state index contributed by atoms with van der Waals surface area (Å²) in [4.78, 5) is 18.5. The third kappa shape index (κ3) is 2.89. The van der Waals surface area contributed by atoms with Crippen LogP contribution in [0.5, 0.6) is 0 Å². The number of nitrogens with zero attached hydrogens (tertiary/aromatic N) is 4. The second-order valence-corrected chi connectivity index (χ2v) is 5.16. The van der Waals surface area contributed by atoms with Crippen LogP contribution in [0.25, 0.3) is 0 Å². The Morgan fingerprint density at radius 1 is 1.43 bits per heavy atom. The van der Waals surface area contributed by atoms with E-state index in [9.17, 15) is 4.79 Å². The van der Waals surface area contributed by atoms with Crippen LogP contribution in [0.1, 0.15) is 23.8 Å². The first-order valence-electron chi connectivity index (χ1n) is 7.25. The summed E-state index contributed by atoms with van der Waals surface area (Å²) < 4.78 is 1.74. The van der Waals surface area contributed by atoms with Crippen molar-refractivity contribution in [3.8, 4) is 0 Å². The van der Waals surface area contributed by atoms with Crippen LogP contribution < -0.4 is 5.32 Å². The molecule has 0 saturated carbocycles. The van der Waals surface area contributed by atoms with Gasteiger partial charge in [-0.3, -0.25) is 14.5 Å². The first kappa shape index (κ1) is 13.6. The van der Waals surface area contributed by atoms with Crippen molar-refractivity contribution in [3.05, 3.63) is 42.5 Å². The molecule has 1 saturated heterocycles. The maximum Gasteiger partial charge on any atom is 0.272 e. The molecule has 1 N–H and O–H groups in total. The Morgan fingerprint density at radius 3 is 3.10 bits per heavy atom. The van der Waals surface area contributed by atoms with Gasteiger partial charge in [-0.2, -0.15) is 5.10 Å². The van der Waals surface area contributed by atoms with Gasteiger partial charge in [0, 0.05) is 44.3 Å². The zero-order chi connectivity index (χ0) is 14.7. The third-order valence-corrected chi connectivity index (χ3v) is 3.74. The van der Waals surface area contributed by atoms with Crippen molar-refractivity contribution >= 4 is 11.6 Å². The number of aryl methyl sites for hydroxylation is 1. The van der Waals surface area contributed by atoms with Gasteiger partial charge in [0.25, 0.3) is 5.91 Å². The zero-order valence-electron chi connectivity index (χ0n) is 12.1. The molecule has 110 valence electrons. The molecule has 21 heavy (non-hydrogen) atoms. The Morgan fingerprint density at radius 2 is 2.33 bits per heavy atom. The Balaban J connectivity index is 1.63. The third-order valence-electron chi connectivity index (χ3n) is 3.74. The molecule has 0 aliphatic carbocycles. The van der Waals surface area contributed by atoms with E-state index in [1.165, 1.54) is 0 Å². The molecule has 6 nitrogen and oxygen atoms in total. The lowest BCUT2D eigenvalue weighted by molar-refractivity contribution is 0.0779. The molecule has 1 aliphatic rings. The van der Waals surface area contributed by atoms with Gasteiger partial charge in [0.2, 0.25) is 0 Å². The number of carbonyl (C=O) groups is 1. The summed E-state index contributed by atoms with van der Waals surface area (Å²) in [5, 5.41) is 7.58. The number of aromatic nitrogens is 3. The molecule has 0 radical (unpaired) electrons. The van der Waals surface area contributed by atoms with E-state index in [1.807, 2.05) is 24.0 Å². The SMILES string of the molecule is CCn1nccc1C(=O)N1CCC(Nc2cccnc2)C1. The van der Waals surface area contributed by atoms with Crippen LogP contribution in [0.15, 0.2) is 36.8 Å². The standard InChI is InChI=1S/C15H19N5O/c1-2-20-14(5-8-17-20)15(21)19-9-6-13(11-19)18-12-4-3-7-16-10-12/h3-5,7-8,10,13,18H,2,6,9,11H2,1H3. The van der Waals surface area contributed by atoms with Crippen LogP contribution in [0.4, 0.5) is 5.69 Å². The van der Waals surface area contributed by atoms with Crippen LogP contribution >= 0.6 is 0 Å². The monoisotopic (exact) mass is 285 g/mol. The highest BCUT2D eigenvalue weighted by Crippen LogP contribution is 2.17. The minimum atomic E-state index is 0.0600. The Hall–Kier alpha value is -2.37. The summed E-state index contributed by atoms with van der Waals surface area (Å²) in [6, 6.07) is 5.95. The molecule has 2 aromatic rings. The van der Waals surface area contributed by atoms with Gasteiger partial charge in [0.15, 0.2) is 0 Å². The van der Waals surface area contributed by atoms with Gasteiger partial charge in [-0.15, -0.1) is 0 Å². The summed E-state index contributed by atoms with van der Waals surface area (Å²) in [6.45, 7) is 4.17. The van der Waals surface area contributed by atoms with Gasteiger partial charge < -0.3 is 10.2 Å². The van der Waals surface area contributed by atoms with Gasteiger partial charge >= 0.3 is 0 Å². The second-order valence-electron chi connectivity index (χ2n) is 5.16. The molecular weight excluding hydrogens is 266 g/mol. The lowest BCUT2D eigenvalue weighted by Crippen LogP contribution is -2.33. The maximum atomic E-state index is 12.5. The highest BCUT2D eigenvalue weighted by atomic mass is 16.2. The van der Waals surface area contributed by atoms with Crippen molar-refractivity contribution in [2.75, 3.05) is 18.4 Å². The molecule has 3 heterocycles. The number of hydrogen-bond donors (Lipinski definition) is 1. The Labute approximate surface area is 123 Å². The molecule has 1 fully saturated rings. The molecule has 1 unspecified atom stereocenters. The molecule has 1 atom stereocenters. The number of pyridine rings is 1. The van der Waals surface area contributed by atoms with Gasteiger partial charge in [-0.05, 0) is 31.5 Å². The largest absolute Gasteiger partial charge is 0.379 e. The topological polar surface area (TPSA) is 63.1 Å². The fraction of sp³-hybridized carbons (Fsp3) is 0.400. The van der Waals surface area contributed by atoms with E-state index in [0.29, 0.717) is 18.8 Å². The van der Waals surface area contributed by atoms with E-state index in [4.69, 9.17) is 0 Å². The van der Waals surface area contributed by atoms with Gasteiger partial charge in [0.1, 0.15) is 5.69 Å². The van der Waals surface area contributed by atoms with E-state index < -0.39 is 0 Å². The molecule has 1 amide bonds. The lowest BCUT2D eigenvalue weighted by Gasteiger charge is -2.18. The summed E-state index contributed by atoms with van der Waals surface area (Å²) in [5.74, 6) is 0.0600. The average molecular weight is 285 g/mol. The van der Waals surface area contributed by atoms with Crippen LogP contribution in [0.3, 0.4) is 0 Å². The number of rotatable bonds is 4. The molecule has 0 bridgehead atoms. The Kier molecular flexibility index (Phi) is 3.85.